The average molecular weight is 346 g/mol. The van der Waals surface area contributed by atoms with E-state index in [0.717, 1.165) is 11.3 Å². The average Bonchev–Trinajstić information content (AvgIpc) is 2.86. The molecule has 6 heteroatoms. The first-order valence-corrected chi connectivity index (χ1v) is 8.45. The smallest absolute Gasteiger partial charge is 0.290 e. The number of carbonyl (C=O) groups is 2. The van der Waals surface area contributed by atoms with Crippen molar-refractivity contribution in [2.45, 2.75) is 25.8 Å². The lowest BCUT2D eigenvalue weighted by atomic mass is 9.95. The van der Waals surface area contributed by atoms with Crippen LogP contribution in [0.5, 0.6) is 0 Å². The molecule has 0 saturated carbocycles. The molecule has 1 aliphatic rings. The van der Waals surface area contributed by atoms with E-state index in [2.05, 4.69) is 0 Å². The number of nitrogens with zero attached hydrogens (tertiary/aromatic N) is 2. The van der Waals surface area contributed by atoms with Crippen LogP contribution in [-0.2, 0) is 14.3 Å². The molecule has 1 amide bonds. The topological polar surface area (TPSA) is 70.1 Å². The van der Waals surface area contributed by atoms with Gasteiger partial charge in [-0.25, -0.2) is 0 Å². The molecule has 1 atom stereocenters. The highest BCUT2D eigenvalue weighted by atomic mass is 16.5. The van der Waals surface area contributed by atoms with Crippen molar-refractivity contribution in [1.82, 2.24) is 4.90 Å². The maximum Gasteiger partial charge on any atom is 0.290 e. The van der Waals surface area contributed by atoms with Gasteiger partial charge in [-0.15, -0.1) is 0 Å². The van der Waals surface area contributed by atoms with Gasteiger partial charge in [0, 0.05) is 46.5 Å². The second-order valence-corrected chi connectivity index (χ2v) is 6.27. The molecule has 0 spiro atoms. The summed E-state index contributed by atoms with van der Waals surface area (Å²) in [5.41, 5.74) is 2.04. The van der Waals surface area contributed by atoms with E-state index in [1.807, 2.05) is 43.3 Å². The summed E-state index contributed by atoms with van der Waals surface area (Å²) in [6, 6.07) is 7.14. The Labute approximate surface area is 148 Å². The van der Waals surface area contributed by atoms with Crippen molar-refractivity contribution in [1.29, 1.82) is 0 Å². The number of carbonyl (C=O) groups excluding carboxylic acids is 2. The van der Waals surface area contributed by atoms with Gasteiger partial charge in [0.25, 0.3) is 5.91 Å². The first-order chi connectivity index (χ1) is 11.9. The van der Waals surface area contributed by atoms with Crippen molar-refractivity contribution in [3.8, 4) is 0 Å². The molecule has 0 saturated heterocycles. The van der Waals surface area contributed by atoms with Crippen LogP contribution in [0, 0.1) is 0 Å². The normalized spacial score (nSPS) is 17.4. The SMILES string of the molecule is CCC(=O)C1=C(O)C(=O)N(CCCOC)C1c1ccc(N(C)C)cc1. The maximum atomic E-state index is 12.5. The summed E-state index contributed by atoms with van der Waals surface area (Å²) >= 11 is 0. The second-order valence-electron chi connectivity index (χ2n) is 6.27. The van der Waals surface area contributed by atoms with Crippen molar-refractivity contribution in [3.63, 3.8) is 0 Å². The summed E-state index contributed by atoms with van der Waals surface area (Å²) in [4.78, 5) is 28.4. The van der Waals surface area contributed by atoms with Gasteiger partial charge >= 0.3 is 0 Å². The lowest BCUT2D eigenvalue weighted by molar-refractivity contribution is -0.129. The molecule has 0 fully saturated rings. The van der Waals surface area contributed by atoms with Gasteiger partial charge in [-0.05, 0) is 24.1 Å². The number of benzene rings is 1. The highest BCUT2D eigenvalue weighted by Gasteiger charge is 2.42. The van der Waals surface area contributed by atoms with E-state index in [1.165, 1.54) is 0 Å². The standard InChI is InChI=1S/C19H26N2O4/c1-5-15(22)16-17(13-7-9-14(10-8-13)20(2)3)21(11-6-12-25-4)19(24)18(16)23/h7-10,17,23H,5-6,11-12H2,1-4H3. The van der Waals surface area contributed by atoms with E-state index < -0.39 is 17.7 Å². The van der Waals surface area contributed by atoms with Crippen molar-refractivity contribution < 1.29 is 19.4 Å². The van der Waals surface area contributed by atoms with Crippen LogP contribution in [0.1, 0.15) is 31.4 Å². The molecule has 2 rings (SSSR count). The summed E-state index contributed by atoms with van der Waals surface area (Å²) in [5.74, 6) is -1.12. The van der Waals surface area contributed by atoms with Gasteiger partial charge in [0.1, 0.15) is 0 Å². The molecule has 1 N–H and O–H groups in total. The predicted molar refractivity (Wildman–Crippen MR) is 96.7 cm³/mol. The Bertz CT molecular complexity index is 665. The predicted octanol–water partition coefficient (Wildman–Crippen LogP) is 2.46. The summed E-state index contributed by atoms with van der Waals surface area (Å²) < 4.78 is 5.06. The monoisotopic (exact) mass is 346 g/mol. The number of ether oxygens (including phenoxy) is 1. The largest absolute Gasteiger partial charge is 0.503 e. The van der Waals surface area contributed by atoms with Gasteiger partial charge in [0.05, 0.1) is 11.6 Å². The van der Waals surface area contributed by atoms with E-state index in [0.29, 0.717) is 19.6 Å². The number of hydrogen-bond donors (Lipinski definition) is 1. The molecule has 1 aromatic rings. The quantitative estimate of drug-likeness (QED) is 0.732. The molecular formula is C19H26N2O4. The first-order valence-electron chi connectivity index (χ1n) is 8.45. The Morgan fingerprint density at radius 1 is 1.28 bits per heavy atom. The minimum absolute atomic E-state index is 0.197. The van der Waals surface area contributed by atoms with Crippen LogP contribution in [0.4, 0.5) is 5.69 Å². The minimum atomic E-state index is -0.548. The summed E-state index contributed by atoms with van der Waals surface area (Å²) in [5, 5.41) is 10.3. The van der Waals surface area contributed by atoms with Crippen LogP contribution in [0.3, 0.4) is 0 Å². The number of aliphatic hydroxyl groups is 1. The molecular weight excluding hydrogens is 320 g/mol. The molecule has 0 radical (unpaired) electrons. The van der Waals surface area contributed by atoms with Crippen molar-refractivity contribution >= 4 is 17.4 Å². The van der Waals surface area contributed by atoms with Gasteiger partial charge in [0.2, 0.25) is 0 Å². The number of anilines is 1. The minimum Gasteiger partial charge on any atom is -0.503 e. The molecule has 1 aliphatic heterocycles. The van der Waals surface area contributed by atoms with Gasteiger partial charge in [0.15, 0.2) is 11.5 Å². The van der Waals surface area contributed by atoms with Crippen LogP contribution in [0.2, 0.25) is 0 Å². The molecule has 1 heterocycles. The number of ketones is 1. The fraction of sp³-hybridized carbons (Fsp3) is 0.474. The number of rotatable bonds is 8. The van der Waals surface area contributed by atoms with Crippen molar-refractivity contribution in [2.75, 3.05) is 39.3 Å². The first kappa shape index (κ1) is 19.0. The van der Waals surface area contributed by atoms with E-state index in [9.17, 15) is 14.7 Å². The second kappa shape index (κ2) is 8.16. The van der Waals surface area contributed by atoms with Crippen molar-refractivity contribution in [2.24, 2.45) is 0 Å². The molecule has 0 aromatic heterocycles. The lowest BCUT2D eigenvalue weighted by Crippen LogP contribution is -2.32. The Morgan fingerprint density at radius 2 is 1.92 bits per heavy atom. The van der Waals surface area contributed by atoms with Crippen LogP contribution >= 0.6 is 0 Å². The molecule has 0 aliphatic carbocycles. The van der Waals surface area contributed by atoms with Gasteiger partial charge in [-0.1, -0.05) is 19.1 Å². The zero-order valence-electron chi connectivity index (χ0n) is 15.3. The van der Waals surface area contributed by atoms with Gasteiger partial charge < -0.3 is 19.6 Å². The van der Waals surface area contributed by atoms with Gasteiger partial charge in [-0.2, -0.15) is 0 Å². The molecule has 1 aromatic carbocycles. The van der Waals surface area contributed by atoms with Crippen LogP contribution in [0.15, 0.2) is 35.6 Å². The summed E-state index contributed by atoms with van der Waals surface area (Å²) in [7, 11) is 5.50. The molecule has 0 bridgehead atoms. The highest BCUT2D eigenvalue weighted by Crippen LogP contribution is 2.38. The molecule has 1 unspecified atom stereocenters. The zero-order chi connectivity index (χ0) is 18.6. The fourth-order valence-electron chi connectivity index (χ4n) is 3.04. The lowest BCUT2D eigenvalue weighted by Gasteiger charge is -2.27. The highest BCUT2D eigenvalue weighted by molar-refractivity contribution is 6.08. The fourth-order valence-corrected chi connectivity index (χ4v) is 3.04. The molecule has 6 nitrogen and oxygen atoms in total. The van der Waals surface area contributed by atoms with Crippen LogP contribution < -0.4 is 4.90 Å². The maximum absolute atomic E-state index is 12.5. The Balaban J connectivity index is 2.41. The van der Waals surface area contributed by atoms with Crippen LogP contribution in [0.25, 0.3) is 0 Å². The van der Waals surface area contributed by atoms with E-state index in [-0.39, 0.29) is 17.8 Å². The number of Topliss-reactive ketones (excluding diaryl/α,β-unsaturated/α-hetero) is 1. The van der Waals surface area contributed by atoms with E-state index in [4.69, 9.17) is 4.74 Å². The summed E-state index contributed by atoms with van der Waals surface area (Å²) in [6.45, 7) is 2.65. The number of amides is 1. The zero-order valence-corrected chi connectivity index (χ0v) is 15.3. The summed E-state index contributed by atoms with van der Waals surface area (Å²) in [6.07, 6.45) is 0.875. The molecule has 25 heavy (non-hydrogen) atoms. The Kier molecular flexibility index (Phi) is 6.20. The third kappa shape index (κ3) is 3.85. The third-order valence-corrected chi connectivity index (χ3v) is 4.40. The number of aliphatic hydroxyl groups excluding tert-OH is 1. The Morgan fingerprint density at radius 3 is 2.44 bits per heavy atom. The molecule has 136 valence electrons. The number of methoxy groups -OCH3 is 1. The number of hydrogen-bond acceptors (Lipinski definition) is 5. The van der Waals surface area contributed by atoms with Gasteiger partial charge in [-0.3, -0.25) is 9.59 Å². The van der Waals surface area contributed by atoms with Crippen molar-refractivity contribution in [3.05, 3.63) is 41.2 Å². The third-order valence-electron chi connectivity index (χ3n) is 4.40. The van der Waals surface area contributed by atoms with E-state index in [1.54, 1.807) is 18.9 Å². The van der Waals surface area contributed by atoms with E-state index >= 15 is 0 Å². The Hall–Kier alpha value is -2.34. The van der Waals surface area contributed by atoms with Crippen LogP contribution in [-0.4, -0.2) is 56.1 Å².